The van der Waals surface area contributed by atoms with Crippen LogP contribution in [0.15, 0.2) is 72.0 Å². The number of benzene rings is 2. The smallest absolute Gasteiger partial charge is 0.265 e. The van der Waals surface area contributed by atoms with Crippen molar-refractivity contribution in [3.05, 3.63) is 88.8 Å². The van der Waals surface area contributed by atoms with Crippen LogP contribution in [0.5, 0.6) is 0 Å². The van der Waals surface area contributed by atoms with Crippen LogP contribution in [-0.4, -0.2) is 17.3 Å². The van der Waals surface area contributed by atoms with Crippen molar-refractivity contribution in [2.75, 3.05) is 0 Å². The van der Waals surface area contributed by atoms with Crippen LogP contribution in [0.1, 0.15) is 22.7 Å². The highest BCUT2D eigenvalue weighted by Gasteiger charge is 2.35. The number of aryl methyl sites for hydroxylation is 1. The summed E-state index contributed by atoms with van der Waals surface area (Å²) >= 11 is 6.45. The maximum Gasteiger partial charge on any atom is 0.265 e. The average molecular weight is 410 g/mol. The molecule has 1 aliphatic rings. The van der Waals surface area contributed by atoms with Crippen LogP contribution in [0.2, 0.25) is 5.02 Å². The van der Waals surface area contributed by atoms with Crippen molar-refractivity contribution in [2.24, 2.45) is 0 Å². The summed E-state index contributed by atoms with van der Waals surface area (Å²) in [7, 11) is -3.91. The molecule has 4 rings (SSSR count). The summed E-state index contributed by atoms with van der Waals surface area (Å²) in [5, 5.41) is 10.4. The molecule has 1 aromatic heterocycles. The molecule has 1 aliphatic heterocycles. The molecule has 0 fully saturated rings. The Morgan fingerprint density at radius 3 is 2.39 bits per heavy atom. The first kappa shape index (κ1) is 18.4. The Bertz CT molecular complexity index is 1210. The van der Waals surface area contributed by atoms with Gasteiger partial charge in [0, 0.05) is 24.2 Å². The molecular weight excluding hydrogens is 394 g/mol. The van der Waals surface area contributed by atoms with E-state index in [-0.39, 0.29) is 4.90 Å². The molecule has 2 heterocycles. The summed E-state index contributed by atoms with van der Waals surface area (Å²) in [6.45, 7) is 1.89. The molecule has 0 amide bonds. The van der Waals surface area contributed by atoms with Crippen molar-refractivity contribution in [1.82, 2.24) is 8.87 Å². The van der Waals surface area contributed by atoms with Crippen LogP contribution >= 0.6 is 11.6 Å². The number of halogens is 1. The highest BCUT2D eigenvalue weighted by atomic mass is 35.5. The van der Waals surface area contributed by atoms with Gasteiger partial charge in [0.25, 0.3) is 10.0 Å². The molecule has 7 heteroatoms. The topological polar surface area (TPSA) is 66.1 Å². The molecule has 1 unspecified atom stereocenters. The number of hydrogen-bond donors (Lipinski definition) is 0. The van der Waals surface area contributed by atoms with Crippen molar-refractivity contribution >= 4 is 27.7 Å². The van der Waals surface area contributed by atoms with Gasteiger partial charge in [0.15, 0.2) is 6.04 Å². The molecule has 140 valence electrons. The van der Waals surface area contributed by atoms with Gasteiger partial charge in [0.05, 0.1) is 21.7 Å². The zero-order valence-electron chi connectivity index (χ0n) is 14.9. The minimum Gasteiger partial charge on any atom is -0.322 e. The van der Waals surface area contributed by atoms with Gasteiger partial charge >= 0.3 is 0 Å². The predicted molar refractivity (Wildman–Crippen MR) is 108 cm³/mol. The molecule has 28 heavy (non-hydrogen) atoms. The van der Waals surface area contributed by atoms with E-state index >= 15 is 0 Å². The Morgan fingerprint density at radius 2 is 1.75 bits per heavy atom. The van der Waals surface area contributed by atoms with E-state index in [2.05, 4.69) is 6.07 Å². The number of rotatable bonds is 3. The molecule has 0 N–H and O–H groups in total. The number of nitrogens with zero attached hydrogens (tertiary/aromatic N) is 3. The molecule has 0 spiro atoms. The van der Waals surface area contributed by atoms with Crippen LogP contribution < -0.4 is 0 Å². The lowest BCUT2D eigenvalue weighted by Gasteiger charge is -2.31. The van der Waals surface area contributed by atoms with Gasteiger partial charge in [-0.3, -0.25) is 4.31 Å². The summed E-state index contributed by atoms with van der Waals surface area (Å²) in [6, 6.07) is 14.9. The van der Waals surface area contributed by atoms with E-state index in [1.807, 2.05) is 31.5 Å². The Hall–Kier alpha value is -3.01. The Labute approximate surface area is 168 Å². The van der Waals surface area contributed by atoms with Gasteiger partial charge in [0.2, 0.25) is 0 Å². The second kappa shape index (κ2) is 6.86. The van der Waals surface area contributed by atoms with Crippen LogP contribution in [0.4, 0.5) is 0 Å². The first-order chi connectivity index (χ1) is 13.4. The van der Waals surface area contributed by atoms with Crippen molar-refractivity contribution in [1.29, 1.82) is 5.26 Å². The number of fused-ring (bicyclic) bond motifs is 1. The van der Waals surface area contributed by atoms with Crippen LogP contribution in [0.3, 0.4) is 0 Å². The fourth-order valence-electron chi connectivity index (χ4n) is 3.32. The molecule has 0 saturated heterocycles. The van der Waals surface area contributed by atoms with E-state index in [9.17, 15) is 13.7 Å². The Balaban J connectivity index is 1.90. The highest BCUT2D eigenvalue weighted by molar-refractivity contribution is 7.89. The highest BCUT2D eigenvalue weighted by Crippen LogP contribution is 2.40. The minimum atomic E-state index is -3.91. The van der Waals surface area contributed by atoms with Crippen LogP contribution in [0, 0.1) is 18.3 Å². The molecule has 0 bridgehead atoms. The van der Waals surface area contributed by atoms with E-state index in [1.165, 1.54) is 6.20 Å². The normalized spacial score (nSPS) is 15.9. The van der Waals surface area contributed by atoms with Crippen molar-refractivity contribution in [3.63, 3.8) is 0 Å². The molecular formula is C21H16ClN3O2S. The SMILES string of the molecule is Cc1ccc(S(=O)(=O)N2C=Cc3ccc(Cl)c(-n4cccc4)c3C2C#N)cc1. The third-order valence-electron chi connectivity index (χ3n) is 4.71. The standard InChI is InChI=1S/C21H16ClN3O2S/c1-15-4-7-17(8-5-15)28(26,27)25-13-10-16-6-9-18(22)21(20(16)19(25)14-23)24-11-2-3-12-24/h2-13,19H,1H3. The minimum absolute atomic E-state index is 0.135. The fraction of sp³-hybridized carbons (Fsp3) is 0.0952. The third kappa shape index (κ3) is 2.89. The molecule has 2 aromatic carbocycles. The molecule has 5 nitrogen and oxygen atoms in total. The average Bonchev–Trinajstić information content (AvgIpc) is 3.21. The quantitative estimate of drug-likeness (QED) is 0.630. The van der Waals surface area contributed by atoms with Gasteiger partial charge < -0.3 is 4.57 Å². The summed E-state index contributed by atoms with van der Waals surface area (Å²) in [6.07, 6.45) is 6.76. The van der Waals surface area contributed by atoms with E-state index in [0.29, 0.717) is 16.3 Å². The van der Waals surface area contributed by atoms with Gasteiger partial charge in [0.1, 0.15) is 0 Å². The van der Waals surface area contributed by atoms with E-state index in [1.54, 1.807) is 47.0 Å². The maximum atomic E-state index is 13.2. The van der Waals surface area contributed by atoms with Crippen LogP contribution in [-0.2, 0) is 10.0 Å². The number of sulfonamides is 1. The van der Waals surface area contributed by atoms with Gasteiger partial charge in [-0.15, -0.1) is 0 Å². The third-order valence-corrected chi connectivity index (χ3v) is 6.77. The molecule has 0 saturated carbocycles. The van der Waals surface area contributed by atoms with Crippen molar-refractivity contribution < 1.29 is 8.42 Å². The number of hydrogen-bond acceptors (Lipinski definition) is 3. The molecule has 1 atom stereocenters. The predicted octanol–water partition coefficient (Wildman–Crippen LogP) is 4.68. The maximum absolute atomic E-state index is 13.2. The summed E-state index contributed by atoms with van der Waals surface area (Å²) in [5.74, 6) is 0. The largest absolute Gasteiger partial charge is 0.322 e. The zero-order chi connectivity index (χ0) is 19.9. The Kier molecular flexibility index (Phi) is 4.50. The number of aromatic nitrogens is 1. The van der Waals surface area contributed by atoms with E-state index < -0.39 is 16.1 Å². The first-order valence-corrected chi connectivity index (χ1v) is 10.4. The second-order valence-electron chi connectivity index (χ2n) is 6.48. The summed E-state index contributed by atoms with van der Waals surface area (Å²) < 4.78 is 29.4. The van der Waals surface area contributed by atoms with E-state index in [0.717, 1.165) is 15.4 Å². The summed E-state index contributed by atoms with van der Waals surface area (Å²) in [4.78, 5) is 0.135. The van der Waals surface area contributed by atoms with Gasteiger partial charge in [-0.2, -0.15) is 5.26 Å². The molecule has 0 radical (unpaired) electrons. The van der Waals surface area contributed by atoms with Gasteiger partial charge in [-0.1, -0.05) is 35.4 Å². The van der Waals surface area contributed by atoms with Crippen molar-refractivity contribution in [2.45, 2.75) is 17.9 Å². The lowest BCUT2D eigenvalue weighted by molar-refractivity contribution is 0.460. The monoisotopic (exact) mass is 409 g/mol. The lowest BCUT2D eigenvalue weighted by Crippen LogP contribution is -2.32. The van der Waals surface area contributed by atoms with Gasteiger partial charge in [-0.25, -0.2) is 8.42 Å². The zero-order valence-corrected chi connectivity index (χ0v) is 16.5. The number of nitriles is 1. The second-order valence-corrected chi connectivity index (χ2v) is 8.73. The molecule has 0 aliphatic carbocycles. The van der Waals surface area contributed by atoms with Gasteiger partial charge in [-0.05, 0) is 48.9 Å². The lowest BCUT2D eigenvalue weighted by atomic mass is 9.96. The Morgan fingerprint density at radius 1 is 1.07 bits per heavy atom. The summed E-state index contributed by atoms with van der Waals surface area (Å²) in [5.41, 5.74) is 2.88. The first-order valence-electron chi connectivity index (χ1n) is 8.57. The molecule has 3 aromatic rings. The van der Waals surface area contributed by atoms with E-state index in [4.69, 9.17) is 11.6 Å². The fourth-order valence-corrected chi connectivity index (χ4v) is 4.95. The van der Waals surface area contributed by atoms with Crippen molar-refractivity contribution in [3.8, 4) is 11.8 Å². The van der Waals surface area contributed by atoms with Crippen LogP contribution in [0.25, 0.3) is 11.8 Å².